The number of carbonyl (C=O) groups is 1. The van der Waals surface area contributed by atoms with Crippen LogP contribution in [0.1, 0.15) is 57.5 Å². The van der Waals surface area contributed by atoms with E-state index >= 15 is 0 Å². The van der Waals surface area contributed by atoms with Gasteiger partial charge in [0, 0.05) is 29.2 Å². The van der Waals surface area contributed by atoms with Crippen LogP contribution >= 0.6 is 11.6 Å². The summed E-state index contributed by atoms with van der Waals surface area (Å²) in [7, 11) is 2.21. The minimum atomic E-state index is -0.694. The summed E-state index contributed by atoms with van der Waals surface area (Å²) < 4.78 is 31.7. The van der Waals surface area contributed by atoms with Crippen molar-refractivity contribution >= 4 is 23.4 Å². The van der Waals surface area contributed by atoms with E-state index < -0.39 is 23.8 Å². The molecule has 1 saturated heterocycles. The van der Waals surface area contributed by atoms with Crippen LogP contribution in [0, 0.1) is 37.3 Å². The molecule has 2 aromatic carbocycles. The van der Waals surface area contributed by atoms with Crippen molar-refractivity contribution in [2.45, 2.75) is 53.0 Å². The molecule has 0 radical (unpaired) electrons. The molecule has 41 heavy (non-hydrogen) atoms. The minimum Gasteiger partial charge on any atom is -0.447 e. The molecule has 3 aromatic rings. The zero-order valence-electron chi connectivity index (χ0n) is 24.6. The molecule has 2 heterocycles. The van der Waals surface area contributed by atoms with Crippen molar-refractivity contribution in [1.82, 2.24) is 14.9 Å². The van der Waals surface area contributed by atoms with Gasteiger partial charge in [0.25, 0.3) is 0 Å². The summed E-state index contributed by atoms with van der Waals surface area (Å²) in [5, 5.41) is 0.527. The molecule has 222 valence electrons. The van der Waals surface area contributed by atoms with Crippen LogP contribution < -0.4 is 4.90 Å². The van der Waals surface area contributed by atoms with Gasteiger partial charge in [-0.3, -0.25) is 4.90 Å². The molecule has 0 bridgehead atoms. The molecule has 1 unspecified atom stereocenters. The Morgan fingerprint density at radius 1 is 1.07 bits per heavy atom. The highest BCUT2D eigenvalue weighted by Gasteiger charge is 2.35. The summed E-state index contributed by atoms with van der Waals surface area (Å²) in [6.07, 6.45) is 14.8. The number of rotatable bonds is 8. The van der Waals surface area contributed by atoms with Crippen LogP contribution in [0.3, 0.4) is 0 Å². The van der Waals surface area contributed by atoms with E-state index in [2.05, 4.69) is 55.5 Å². The number of carbonyl (C=O) groups excluding carboxylic acids is 1. The fraction of sp³-hybridized carbons (Fsp3) is 0.406. The maximum absolute atomic E-state index is 13.4. The van der Waals surface area contributed by atoms with Crippen LogP contribution in [0.25, 0.3) is 0 Å². The van der Waals surface area contributed by atoms with E-state index in [9.17, 15) is 13.6 Å². The number of aromatic nitrogens is 2. The van der Waals surface area contributed by atoms with Gasteiger partial charge < -0.3 is 9.64 Å². The summed E-state index contributed by atoms with van der Waals surface area (Å²) in [6.45, 7) is 11.2. The summed E-state index contributed by atoms with van der Waals surface area (Å²) in [4.78, 5) is 23.4. The topological polar surface area (TPSA) is 58.6 Å². The number of hydrogen-bond donors (Lipinski definition) is 0. The van der Waals surface area contributed by atoms with Gasteiger partial charge in [-0.1, -0.05) is 38.8 Å². The molecule has 0 saturated carbocycles. The number of aryl methyl sites for hydroxylation is 1. The van der Waals surface area contributed by atoms with E-state index in [0.717, 1.165) is 17.8 Å². The molecule has 0 aliphatic carbocycles. The molecule has 1 amide bonds. The first kappa shape index (κ1) is 35.5. The summed E-state index contributed by atoms with van der Waals surface area (Å²) in [5.41, 5.74) is 0.893. The Morgan fingerprint density at radius 2 is 1.66 bits per heavy atom. The number of terminal acetylenes is 1. The quantitative estimate of drug-likeness (QED) is 0.249. The minimum absolute atomic E-state index is 0.0321. The normalized spacial score (nSPS) is 14.5. The number of hydrogen-bond acceptors (Lipinski definition) is 5. The third kappa shape index (κ3) is 13.1. The predicted molar refractivity (Wildman–Crippen MR) is 163 cm³/mol. The average Bonchev–Trinajstić information content (AvgIpc) is 3.35. The van der Waals surface area contributed by atoms with Gasteiger partial charge in [0.05, 0.1) is 6.04 Å². The van der Waals surface area contributed by atoms with E-state index in [1.807, 2.05) is 6.92 Å². The molecule has 6 nitrogen and oxygen atoms in total. The van der Waals surface area contributed by atoms with Gasteiger partial charge in [-0.15, -0.1) is 12.8 Å². The lowest BCUT2D eigenvalue weighted by Crippen LogP contribution is -2.27. The molecular weight excluding hydrogens is 546 g/mol. The number of amides is 1. The third-order valence-corrected chi connectivity index (χ3v) is 6.50. The molecule has 1 aliphatic heterocycles. The second-order valence-corrected chi connectivity index (χ2v) is 9.98. The monoisotopic (exact) mass is 586 g/mol. The second kappa shape index (κ2) is 19.5. The first-order valence-electron chi connectivity index (χ1n) is 13.6. The number of nitrogens with zero attached hydrogens (tertiary/aromatic N) is 4. The smallest absolute Gasteiger partial charge is 0.415 e. The van der Waals surface area contributed by atoms with Gasteiger partial charge in [-0.2, -0.15) is 0 Å². The molecule has 1 fully saturated rings. The molecule has 0 spiro atoms. The molecule has 4 rings (SSSR count). The molecule has 1 aliphatic rings. The van der Waals surface area contributed by atoms with Crippen LogP contribution in [-0.2, 0) is 4.74 Å². The second-order valence-electron chi connectivity index (χ2n) is 9.54. The van der Waals surface area contributed by atoms with E-state index in [1.54, 1.807) is 42.7 Å². The maximum atomic E-state index is 13.4. The molecule has 2 atom stereocenters. The number of cyclic esters (lactones) is 1. The number of ether oxygens (including phenoxy) is 1. The maximum Gasteiger partial charge on any atom is 0.415 e. The molecule has 0 N–H and O–H groups in total. The summed E-state index contributed by atoms with van der Waals surface area (Å²) >= 11 is 5.82. The van der Waals surface area contributed by atoms with Crippen molar-refractivity contribution in [3.05, 3.63) is 89.0 Å². The highest BCUT2D eigenvalue weighted by atomic mass is 35.5. The number of halogens is 3. The fourth-order valence-corrected chi connectivity index (χ4v) is 3.96. The number of anilines is 1. The zero-order chi connectivity index (χ0) is 30.8. The van der Waals surface area contributed by atoms with Gasteiger partial charge in [0.2, 0.25) is 0 Å². The first-order chi connectivity index (χ1) is 19.6. The van der Waals surface area contributed by atoms with Crippen LogP contribution in [-0.4, -0.2) is 47.7 Å². The molecule has 9 heteroatoms. The Hall–Kier alpha value is -3.54. The van der Waals surface area contributed by atoms with Crippen LogP contribution in [0.2, 0.25) is 5.02 Å². The van der Waals surface area contributed by atoms with Crippen molar-refractivity contribution in [2.24, 2.45) is 5.92 Å². The lowest BCUT2D eigenvalue weighted by molar-refractivity contribution is 0.179. The first-order valence-corrected chi connectivity index (χ1v) is 13.9. The van der Waals surface area contributed by atoms with Crippen LogP contribution in [0.4, 0.5) is 19.3 Å². The fourth-order valence-electron chi connectivity index (χ4n) is 3.83. The predicted octanol–water partition coefficient (Wildman–Crippen LogP) is 8.11. The Balaban J connectivity index is 0.000000352. The number of benzene rings is 2. The van der Waals surface area contributed by atoms with Gasteiger partial charge in [-0.05, 0) is 93.8 Å². The largest absolute Gasteiger partial charge is 0.447 e. The highest BCUT2D eigenvalue weighted by Crippen LogP contribution is 2.34. The van der Waals surface area contributed by atoms with Crippen LogP contribution in [0.5, 0.6) is 0 Å². The van der Waals surface area contributed by atoms with Crippen LogP contribution in [0.15, 0.2) is 60.9 Å². The molecule has 1 aromatic heterocycles. The van der Waals surface area contributed by atoms with E-state index in [0.29, 0.717) is 16.3 Å². The van der Waals surface area contributed by atoms with Gasteiger partial charge >= 0.3 is 6.09 Å². The van der Waals surface area contributed by atoms with Crippen molar-refractivity contribution in [3.63, 3.8) is 0 Å². The van der Waals surface area contributed by atoms with Gasteiger partial charge in [0.15, 0.2) is 0 Å². The van der Waals surface area contributed by atoms with E-state index in [4.69, 9.17) is 16.3 Å². The van der Waals surface area contributed by atoms with Gasteiger partial charge in [-0.25, -0.2) is 23.5 Å². The summed E-state index contributed by atoms with van der Waals surface area (Å²) in [5.74, 6) is 0.331. The summed E-state index contributed by atoms with van der Waals surface area (Å²) in [6, 6.07) is 11.0. The Labute approximate surface area is 248 Å². The van der Waals surface area contributed by atoms with E-state index in [-0.39, 0.29) is 6.61 Å². The van der Waals surface area contributed by atoms with Crippen molar-refractivity contribution in [3.8, 4) is 12.8 Å². The Morgan fingerprint density at radius 3 is 2.15 bits per heavy atom. The zero-order valence-corrected chi connectivity index (χ0v) is 25.3. The lowest BCUT2D eigenvalue weighted by atomic mass is 10.1. The van der Waals surface area contributed by atoms with Crippen molar-refractivity contribution in [1.29, 1.82) is 0 Å². The van der Waals surface area contributed by atoms with Crippen molar-refractivity contribution < 1.29 is 18.3 Å². The standard InChI is InChI=1S/C15H10ClF2NO2.C10H23N.C5H6N2.C2H2/c16-10-1-3-13(4-2-10)19-14(8-21-15(19)20)9-5-11(17)7-12(18)6-9;1-5-8-11(4)9-7-10(3)6-2;1-5-6-3-2-4-7-5;1-2/h1-7,14H,8H2;10H,5-9H2,1-4H3;2-4H,1H3;1-2H/t14-;;;/m1.../s1. The van der Waals surface area contributed by atoms with Gasteiger partial charge in [0.1, 0.15) is 24.1 Å². The highest BCUT2D eigenvalue weighted by molar-refractivity contribution is 6.30. The van der Waals surface area contributed by atoms with Crippen molar-refractivity contribution in [2.75, 3.05) is 31.6 Å². The average molecular weight is 587 g/mol. The lowest BCUT2D eigenvalue weighted by Gasteiger charge is -2.22. The molecular formula is C32H41ClF2N4O2. The third-order valence-electron chi connectivity index (χ3n) is 6.25. The van der Waals surface area contributed by atoms with E-state index in [1.165, 1.54) is 49.4 Å². The Bertz CT molecular complexity index is 1160. The SMILES string of the molecule is C#C.CCCN(C)CCC(C)CC.Cc1ncccn1.O=C1OC[C@H](c2cc(F)cc(F)c2)N1c1ccc(Cl)cc1. The Kier molecular flexibility index (Phi) is 16.9.